The zero-order chi connectivity index (χ0) is 9.84. The quantitative estimate of drug-likeness (QED) is 0.755. The van der Waals surface area contributed by atoms with Crippen LogP contribution in [0.5, 0.6) is 0 Å². The van der Waals surface area contributed by atoms with E-state index in [4.69, 9.17) is 5.73 Å². The van der Waals surface area contributed by atoms with Crippen LogP contribution in [0.25, 0.3) is 0 Å². The van der Waals surface area contributed by atoms with Crippen molar-refractivity contribution in [3.05, 3.63) is 12.4 Å². The summed E-state index contributed by atoms with van der Waals surface area (Å²) >= 11 is 1.71. The summed E-state index contributed by atoms with van der Waals surface area (Å²) in [5.74, 6) is 1.12. The molecule has 0 spiro atoms. The lowest BCUT2D eigenvalue weighted by molar-refractivity contribution is 0.641. The molecule has 1 aromatic rings. The summed E-state index contributed by atoms with van der Waals surface area (Å²) in [4.78, 5) is 8.16. The zero-order valence-corrected chi connectivity index (χ0v) is 9.01. The highest BCUT2D eigenvalue weighted by molar-refractivity contribution is 7.99. The Kier molecular flexibility index (Phi) is 3.54. The van der Waals surface area contributed by atoms with Crippen molar-refractivity contribution in [2.45, 2.75) is 31.0 Å². The first-order valence-corrected chi connectivity index (χ1v) is 5.21. The van der Waals surface area contributed by atoms with Gasteiger partial charge in [0.05, 0.1) is 12.4 Å². The molecule has 2 N–H and O–H groups in total. The van der Waals surface area contributed by atoms with Gasteiger partial charge in [-0.2, -0.15) is 0 Å². The number of rotatable bonds is 3. The highest BCUT2D eigenvalue weighted by Gasteiger charge is 2.09. The number of hydrogen-bond donors (Lipinski definition) is 1. The largest absolute Gasteiger partial charge is 0.382 e. The SMILES string of the molecule is CC(C)C(C)Sc1cncc(N)n1. The highest BCUT2D eigenvalue weighted by Crippen LogP contribution is 2.25. The fourth-order valence-electron chi connectivity index (χ4n) is 0.746. The van der Waals surface area contributed by atoms with Crippen LogP contribution in [0.2, 0.25) is 0 Å². The van der Waals surface area contributed by atoms with Crippen LogP contribution < -0.4 is 5.73 Å². The summed E-state index contributed by atoms with van der Waals surface area (Å²) in [7, 11) is 0. The summed E-state index contributed by atoms with van der Waals surface area (Å²) in [6.45, 7) is 6.56. The minimum absolute atomic E-state index is 0.487. The summed E-state index contributed by atoms with van der Waals surface area (Å²) < 4.78 is 0. The normalized spacial score (nSPS) is 13.2. The molecule has 1 rings (SSSR count). The Bertz CT molecular complexity index is 275. The average molecular weight is 197 g/mol. The summed E-state index contributed by atoms with van der Waals surface area (Å²) in [5, 5.41) is 1.44. The van der Waals surface area contributed by atoms with Crippen LogP contribution in [0.3, 0.4) is 0 Å². The van der Waals surface area contributed by atoms with Crippen molar-refractivity contribution < 1.29 is 0 Å². The molecule has 0 saturated heterocycles. The molecule has 0 radical (unpaired) electrons. The van der Waals surface area contributed by atoms with Gasteiger partial charge in [0.2, 0.25) is 0 Å². The summed E-state index contributed by atoms with van der Waals surface area (Å²) in [6.07, 6.45) is 3.31. The molecule has 1 aromatic heterocycles. The van der Waals surface area contributed by atoms with Crippen molar-refractivity contribution in [2.75, 3.05) is 5.73 Å². The Balaban J connectivity index is 2.64. The van der Waals surface area contributed by atoms with E-state index < -0.39 is 0 Å². The maximum atomic E-state index is 5.52. The number of anilines is 1. The number of nitrogen functional groups attached to an aromatic ring is 1. The molecule has 0 bridgehead atoms. The Morgan fingerprint density at radius 1 is 1.31 bits per heavy atom. The first-order valence-electron chi connectivity index (χ1n) is 4.33. The molecule has 3 nitrogen and oxygen atoms in total. The fraction of sp³-hybridized carbons (Fsp3) is 0.556. The molecule has 13 heavy (non-hydrogen) atoms. The first kappa shape index (κ1) is 10.3. The van der Waals surface area contributed by atoms with Crippen molar-refractivity contribution in [3.63, 3.8) is 0 Å². The second-order valence-electron chi connectivity index (χ2n) is 3.35. The maximum Gasteiger partial charge on any atom is 0.143 e. The molecule has 72 valence electrons. The van der Waals surface area contributed by atoms with E-state index in [0.29, 0.717) is 17.0 Å². The molecule has 1 atom stereocenters. The molecule has 0 fully saturated rings. The van der Waals surface area contributed by atoms with Crippen molar-refractivity contribution in [1.82, 2.24) is 9.97 Å². The van der Waals surface area contributed by atoms with E-state index in [1.165, 1.54) is 0 Å². The molecule has 0 amide bonds. The minimum atomic E-state index is 0.487. The van der Waals surface area contributed by atoms with Crippen molar-refractivity contribution in [2.24, 2.45) is 5.92 Å². The molecule has 0 saturated carbocycles. The van der Waals surface area contributed by atoms with Crippen LogP contribution in [0, 0.1) is 5.92 Å². The lowest BCUT2D eigenvalue weighted by Crippen LogP contribution is -2.06. The lowest BCUT2D eigenvalue weighted by Gasteiger charge is -2.13. The highest BCUT2D eigenvalue weighted by atomic mass is 32.2. The molecule has 0 aliphatic heterocycles. The monoisotopic (exact) mass is 197 g/mol. The molecule has 0 aliphatic rings. The molecule has 4 heteroatoms. The van der Waals surface area contributed by atoms with Crippen LogP contribution in [0.1, 0.15) is 20.8 Å². The number of aromatic nitrogens is 2. The molecule has 0 aromatic carbocycles. The fourth-order valence-corrected chi connectivity index (χ4v) is 1.68. The topological polar surface area (TPSA) is 51.8 Å². The van der Waals surface area contributed by atoms with Gasteiger partial charge in [0.1, 0.15) is 10.8 Å². The Morgan fingerprint density at radius 2 is 2.00 bits per heavy atom. The van der Waals surface area contributed by atoms with E-state index in [1.54, 1.807) is 24.2 Å². The van der Waals surface area contributed by atoms with Gasteiger partial charge in [-0.1, -0.05) is 20.8 Å². The maximum absolute atomic E-state index is 5.52. The lowest BCUT2D eigenvalue weighted by atomic mass is 10.2. The molecule has 1 unspecified atom stereocenters. The zero-order valence-electron chi connectivity index (χ0n) is 8.19. The van der Waals surface area contributed by atoms with Crippen LogP contribution >= 0.6 is 11.8 Å². The van der Waals surface area contributed by atoms with Gasteiger partial charge in [0.15, 0.2) is 0 Å². The molecular formula is C9H15N3S. The van der Waals surface area contributed by atoms with E-state index >= 15 is 0 Å². The third-order valence-electron chi connectivity index (χ3n) is 1.88. The van der Waals surface area contributed by atoms with Gasteiger partial charge in [0.25, 0.3) is 0 Å². The average Bonchev–Trinajstić information content (AvgIpc) is 2.04. The van der Waals surface area contributed by atoms with Gasteiger partial charge in [-0.3, -0.25) is 4.98 Å². The van der Waals surface area contributed by atoms with Gasteiger partial charge in [-0.15, -0.1) is 11.8 Å². The number of nitrogens with zero attached hydrogens (tertiary/aromatic N) is 2. The number of hydrogen-bond acceptors (Lipinski definition) is 4. The second kappa shape index (κ2) is 4.46. The van der Waals surface area contributed by atoms with Gasteiger partial charge in [0, 0.05) is 5.25 Å². The summed E-state index contributed by atoms with van der Waals surface area (Å²) in [5.41, 5.74) is 5.52. The molecular weight excluding hydrogens is 182 g/mol. The van der Waals surface area contributed by atoms with Crippen LogP contribution in [-0.2, 0) is 0 Å². The van der Waals surface area contributed by atoms with Crippen LogP contribution in [0.15, 0.2) is 17.4 Å². The standard InChI is InChI=1S/C9H15N3S/c1-6(2)7(3)13-9-5-11-4-8(10)12-9/h4-7H,1-3H3,(H2,10,12). The first-order chi connectivity index (χ1) is 6.09. The van der Waals surface area contributed by atoms with E-state index in [9.17, 15) is 0 Å². The number of thioether (sulfide) groups is 1. The Morgan fingerprint density at radius 3 is 2.54 bits per heavy atom. The van der Waals surface area contributed by atoms with Crippen LogP contribution in [0.4, 0.5) is 5.82 Å². The molecule has 0 aliphatic carbocycles. The number of nitrogens with two attached hydrogens (primary N) is 1. The summed E-state index contributed by atoms with van der Waals surface area (Å²) in [6, 6.07) is 0. The van der Waals surface area contributed by atoms with E-state index in [-0.39, 0.29) is 0 Å². The van der Waals surface area contributed by atoms with E-state index in [0.717, 1.165) is 5.03 Å². The van der Waals surface area contributed by atoms with Gasteiger partial charge < -0.3 is 5.73 Å². The van der Waals surface area contributed by atoms with Crippen molar-refractivity contribution >= 4 is 17.6 Å². The smallest absolute Gasteiger partial charge is 0.143 e. The van der Waals surface area contributed by atoms with Crippen LogP contribution in [-0.4, -0.2) is 15.2 Å². The predicted molar refractivity (Wildman–Crippen MR) is 56.6 cm³/mol. The predicted octanol–water partition coefficient (Wildman–Crippen LogP) is 2.20. The third-order valence-corrected chi connectivity index (χ3v) is 3.23. The van der Waals surface area contributed by atoms with Gasteiger partial charge in [-0.05, 0) is 5.92 Å². The molecule has 1 heterocycles. The van der Waals surface area contributed by atoms with Gasteiger partial charge >= 0.3 is 0 Å². The minimum Gasteiger partial charge on any atom is -0.382 e. The third kappa shape index (κ3) is 3.22. The van der Waals surface area contributed by atoms with E-state index in [2.05, 4.69) is 30.7 Å². The second-order valence-corrected chi connectivity index (χ2v) is 4.75. The Hall–Kier alpha value is -0.770. The van der Waals surface area contributed by atoms with E-state index in [1.807, 2.05) is 0 Å². The Labute approximate surface area is 83.2 Å². The van der Waals surface area contributed by atoms with Crippen molar-refractivity contribution in [3.8, 4) is 0 Å². The van der Waals surface area contributed by atoms with Crippen molar-refractivity contribution in [1.29, 1.82) is 0 Å². The van der Waals surface area contributed by atoms with Gasteiger partial charge in [-0.25, -0.2) is 4.98 Å².